The predicted molar refractivity (Wildman–Crippen MR) is 121 cm³/mol. The number of anilines is 1. The van der Waals surface area contributed by atoms with Gasteiger partial charge in [-0.05, 0) is 43.5 Å². The molecule has 1 saturated heterocycles. The number of nitrogens with zero attached hydrogens (tertiary/aromatic N) is 3. The number of hydrogen-bond donors (Lipinski definition) is 0. The minimum atomic E-state index is -0.964. The zero-order valence-electron chi connectivity index (χ0n) is 17.6. The molecule has 2 heterocycles. The van der Waals surface area contributed by atoms with Gasteiger partial charge in [0, 0.05) is 23.8 Å². The second-order valence-corrected chi connectivity index (χ2v) is 9.98. The molecule has 5 rings (SSSR count). The standard InChI is InChI=1S/C25H25N3O2S/c1-17-9-10-22-21(13-17)25(28(11-12-31-25)23(29)20-7-2-3-8-20)24(30)27(22)16-19-6-4-5-18(14-19)15-26/h4-6,9-10,13-14,20H,2-3,7-8,11-12,16H2,1H3/t25-/m0/s1. The monoisotopic (exact) mass is 431 g/mol. The van der Waals surface area contributed by atoms with Crippen LogP contribution in [0.1, 0.15) is 47.9 Å². The van der Waals surface area contributed by atoms with Gasteiger partial charge in [0.2, 0.25) is 5.91 Å². The van der Waals surface area contributed by atoms with E-state index in [1.807, 2.05) is 42.2 Å². The molecule has 5 nitrogen and oxygen atoms in total. The molecule has 31 heavy (non-hydrogen) atoms. The van der Waals surface area contributed by atoms with E-state index in [4.69, 9.17) is 0 Å². The van der Waals surface area contributed by atoms with E-state index in [1.54, 1.807) is 22.7 Å². The van der Waals surface area contributed by atoms with Crippen LogP contribution in [0.5, 0.6) is 0 Å². The molecule has 2 amide bonds. The summed E-state index contributed by atoms with van der Waals surface area (Å²) in [4.78, 5) is 30.3. The zero-order chi connectivity index (χ0) is 21.6. The summed E-state index contributed by atoms with van der Waals surface area (Å²) >= 11 is 1.59. The van der Waals surface area contributed by atoms with Crippen LogP contribution in [0, 0.1) is 24.2 Å². The van der Waals surface area contributed by atoms with Crippen LogP contribution in [0.25, 0.3) is 0 Å². The van der Waals surface area contributed by atoms with Gasteiger partial charge in [-0.15, -0.1) is 11.8 Å². The number of thioether (sulfide) groups is 1. The number of benzene rings is 2. The van der Waals surface area contributed by atoms with Crippen molar-refractivity contribution in [1.82, 2.24) is 4.90 Å². The molecule has 2 aliphatic heterocycles. The van der Waals surface area contributed by atoms with Gasteiger partial charge in [0.1, 0.15) is 0 Å². The van der Waals surface area contributed by atoms with Crippen LogP contribution in [-0.4, -0.2) is 29.0 Å². The van der Waals surface area contributed by atoms with Gasteiger partial charge in [0.25, 0.3) is 5.91 Å². The second-order valence-electron chi connectivity index (χ2n) is 8.69. The van der Waals surface area contributed by atoms with Gasteiger partial charge in [-0.1, -0.05) is 42.7 Å². The van der Waals surface area contributed by atoms with Crippen LogP contribution in [-0.2, 0) is 21.0 Å². The Hall–Kier alpha value is -2.78. The molecule has 0 unspecified atom stereocenters. The fourth-order valence-corrected chi connectivity index (χ4v) is 6.68. The summed E-state index contributed by atoms with van der Waals surface area (Å²) in [5, 5.41) is 9.25. The van der Waals surface area contributed by atoms with Gasteiger partial charge in [0.15, 0.2) is 4.87 Å². The van der Waals surface area contributed by atoms with Gasteiger partial charge < -0.3 is 9.80 Å². The highest BCUT2D eigenvalue weighted by Gasteiger charge is 2.59. The van der Waals surface area contributed by atoms with Crippen molar-refractivity contribution < 1.29 is 9.59 Å². The first-order chi connectivity index (χ1) is 15.0. The van der Waals surface area contributed by atoms with Crippen molar-refractivity contribution in [3.8, 4) is 6.07 Å². The lowest BCUT2D eigenvalue weighted by Gasteiger charge is -2.35. The fraction of sp³-hybridized carbons (Fsp3) is 0.400. The molecular formula is C25H25N3O2S. The molecule has 2 aromatic carbocycles. The minimum Gasteiger partial charge on any atom is -0.315 e. The number of rotatable bonds is 3. The van der Waals surface area contributed by atoms with Gasteiger partial charge in [-0.25, -0.2) is 0 Å². The molecule has 1 saturated carbocycles. The normalized spacial score (nSPS) is 22.9. The van der Waals surface area contributed by atoms with Gasteiger partial charge in [-0.2, -0.15) is 5.26 Å². The zero-order valence-corrected chi connectivity index (χ0v) is 18.5. The van der Waals surface area contributed by atoms with Crippen molar-refractivity contribution in [2.75, 3.05) is 17.2 Å². The van der Waals surface area contributed by atoms with Crippen molar-refractivity contribution in [1.29, 1.82) is 5.26 Å². The Morgan fingerprint density at radius 2 is 2.03 bits per heavy atom. The Morgan fingerprint density at radius 3 is 2.81 bits per heavy atom. The fourth-order valence-electron chi connectivity index (χ4n) is 5.22. The van der Waals surface area contributed by atoms with E-state index in [-0.39, 0.29) is 17.7 Å². The van der Waals surface area contributed by atoms with Crippen LogP contribution in [0.2, 0.25) is 0 Å². The van der Waals surface area contributed by atoms with Crippen LogP contribution in [0.3, 0.4) is 0 Å². The van der Waals surface area contributed by atoms with E-state index in [2.05, 4.69) is 12.1 Å². The Balaban J connectivity index is 1.57. The summed E-state index contributed by atoms with van der Waals surface area (Å²) < 4.78 is 0. The first-order valence-corrected chi connectivity index (χ1v) is 11.9. The third-order valence-corrected chi connectivity index (χ3v) is 8.14. The molecule has 0 bridgehead atoms. The Morgan fingerprint density at radius 1 is 1.23 bits per heavy atom. The summed E-state index contributed by atoms with van der Waals surface area (Å²) in [5.41, 5.74) is 4.38. The number of aryl methyl sites for hydroxylation is 1. The number of hydrogen-bond acceptors (Lipinski definition) is 4. The first kappa shape index (κ1) is 20.1. The van der Waals surface area contributed by atoms with Crippen molar-refractivity contribution >= 4 is 29.3 Å². The van der Waals surface area contributed by atoms with Gasteiger partial charge in [0.05, 0.1) is 23.9 Å². The first-order valence-electron chi connectivity index (χ1n) is 10.9. The predicted octanol–water partition coefficient (Wildman–Crippen LogP) is 4.33. The van der Waals surface area contributed by atoms with E-state index < -0.39 is 4.87 Å². The number of amides is 2. The molecule has 1 spiro atoms. The molecule has 0 N–H and O–H groups in total. The highest BCUT2D eigenvalue weighted by Crippen LogP contribution is 2.55. The number of nitriles is 1. The van der Waals surface area contributed by atoms with Crippen LogP contribution in [0.15, 0.2) is 42.5 Å². The van der Waals surface area contributed by atoms with Gasteiger partial charge in [-0.3, -0.25) is 9.59 Å². The van der Waals surface area contributed by atoms with E-state index >= 15 is 0 Å². The van der Waals surface area contributed by atoms with Crippen LogP contribution in [0.4, 0.5) is 5.69 Å². The van der Waals surface area contributed by atoms with Crippen LogP contribution < -0.4 is 4.90 Å². The molecule has 2 fully saturated rings. The average Bonchev–Trinajstić information content (AvgIpc) is 3.51. The summed E-state index contributed by atoms with van der Waals surface area (Å²) in [6.07, 6.45) is 4.04. The Bertz CT molecular complexity index is 1100. The Labute approximate surface area is 187 Å². The summed E-state index contributed by atoms with van der Waals surface area (Å²) in [6, 6.07) is 15.7. The van der Waals surface area contributed by atoms with E-state index in [0.29, 0.717) is 18.7 Å². The molecular weight excluding hydrogens is 406 g/mol. The summed E-state index contributed by atoms with van der Waals surface area (Å²) in [5.74, 6) is 0.897. The summed E-state index contributed by atoms with van der Waals surface area (Å²) in [7, 11) is 0. The molecule has 1 aliphatic carbocycles. The molecule has 1 atom stereocenters. The highest BCUT2D eigenvalue weighted by atomic mass is 32.2. The van der Waals surface area contributed by atoms with Crippen molar-refractivity contribution in [2.24, 2.45) is 5.92 Å². The molecule has 0 aromatic heterocycles. The van der Waals surface area contributed by atoms with Crippen LogP contribution >= 0.6 is 11.8 Å². The second kappa shape index (κ2) is 7.72. The maximum absolute atomic E-state index is 14.0. The smallest absolute Gasteiger partial charge is 0.268 e. The molecule has 0 radical (unpaired) electrons. The van der Waals surface area contributed by atoms with Gasteiger partial charge >= 0.3 is 0 Å². The minimum absolute atomic E-state index is 0.0377. The average molecular weight is 432 g/mol. The number of carbonyl (C=O) groups is 2. The number of carbonyl (C=O) groups excluding carboxylic acids is 2. The quantitative estimate of drug-likeness (QED) is 0.726. The lowest BCUT2D eigenvalue weighted by Crippen LogP contribution is -2.51. The van der Waals surface area contributed by atoms with Crippen molar-refractivity contribution in [3.05, 3.63) is 64.7 Å². The van der Waals surface area contributed by atoms with Crippen molar-refractivity contribution in [3.63, 3.8) is 0 Å². The largest absolute Gasteiger partial charge is 0.315 e. The third kappa shape index (κ3) is 3.14. The lowest BCUT2D eigenvalue weighted by atomic mass is 10.00. The van der Waals surface area contributed by atoms with Crippen molar-refractivity contribution in [2.45, 2.75) is 44.0 Å². The third-order valence-electron chi connectivity index (χ3n) is 6.72. The highest BCUT2D eigenvalue weighted by molar-refractivity contribution is 8.01. The Kier molecular flexibility index (Phi) is 5.02. The van der Waals surface area contributed by atoms with E-state index in [9.17, 15) is 14.9 Å². The molecule has 158 valence electrons. The number of fused-ring (bicyclic) bond motifs is 2. The maximum Gasteiger partial charge on any atom is 0.268 e. The van der Waals surface area contributed by atoms with E-state index in [1.165, 1.54) is 0 Å². The molecule has 3 aliphatic rings. The maximum atomic E-state index is 14.0. The molecule has 6 heteroatoms. The lowest BCUT2D eigenvalue weighted by molar-refractivity contribution is -0.143. The topological polar surface area (TPSA) is 64.4 Å². The van der Waals surface area contributed by atoms with E-state index in [0.717, 1.165) is 53.8 Å². The molecule has 2 aromatic rings. The SMILES string of the molecule is Cc1ccc2c(c1)[C@]1(SCCN1C(=O)C1CCCC1)C(=O)N2Cc1cccc(C#N)c1. The summed E-state index contributed by atoms with van der Waals surface area (Å²) in [6.45, 7) is 3.02.